The number of benzene rings is 2. The zero-order valence-corrected chi connectivity index (χ0v) is 21.7. The van der Waals surface area contributed by atoms with Gasteiger partial charge in [0.05, 0.1) is 34.9 Å². The summed E-state index contributed by atoms with van der Waals surface area (Å²) in [6.07, 6.45) is -7.92. The molecule has 1 saturated carbocycles. The summed E-state index contributed by atoms with van der Waals surface area (Å²) in [5.41, 5.74) is 2.95. The van der Waals surface area contributed by atoms with E-state index in [2.05, 4.69) is 15.3 Å². The first-order valence-corrected chi connectivity index (χ1v) is 12.9. The van der Waals surface area contributed by atoms with Crippen LogP contribution in [0.3, 0.4) is 0 Å². The zero-order valence-electron chi connectivity index (χ0n) is 21.7. The van der Waals surface area contributed by atoms with Gasteiger partial charge in [-0.1, -0.05) is 30.3 Å². The largest absolute Gasteiger partial charge is 0.416 e. The molecule has 0 bridgehead atoms. The lowest BCUT2D eigenvalue weighted by atomic mass is 9.72. The van der Waals surface area contributed by atoms with Crippen molar-refractivity contribution in [2.24, 2.45) is 11.7 Å². The van der Waals surface area contributed by atoms with Crippen LogP contribution in [-0.4, -0.2) is 55.7 Å². The van der Waals surface area contributed by atoms with Crippen LogP contribution in [0.25, 0.3) is 11.0 Å². The highest BCUT2D eigenvalue weighted by Gasteiger charge is 2.49. The molecule has 3 atom stereocenters. The van der Waals surface area contributed by atoms with Gasteiger partial charge in [0, 0.05) is 19.3 Å². The number of para-hydroxylation sites is 2. The van der Waals surface area contributed by atoms with E-state index in [0.29, 0.717) is 11.0 Å². The Morgan fingerprint density at radius 1 is 1.07 bits per heavy atom. The maximum atomic E-state index is 13.7. The van der Waals surface area contributed by atoms with E-state index in [0.717, 1.165) is 12.1 Å². The molecule has 0 radical (unpaired) electrons. The molecule has 1 aromatic heterocycles. The summed E-state index contributed by atoms with van der Waals surface area (Å²) < 4.78 is 67.4. The molecule has 41 heavy (non-hydrogen) atoms. The number of hydrogen-bond acceptors (Lipinski definition) is 6. The average Bonchev–Trinajstić information content (AvgIpc) is 2.91. The molecule has 2 amide bonds. The molecule has 1 heterocycles. The number of aliphatic hydroxyl groups is 2. The monoisotopic (exact) mass is 580 g/mol. The normalized spacial score (nSPS) is 18.8. The summed E-state index contributed by atoms with van der Waals surface area (Å²) in [6.45, 7) is 0. The lowest BCUT2D eigenvalue weighted by molar-refractivity contribution is -0.155. The van der Waals surface area contributed by atoms with Crippen molar-refractivity contribution < 1.29 is 41.8 Å². The van der Waals surface area contributed by atoms with Crippen LogP contribution >= 0.6 is 0 Å². The molecule has 2 aromatic carbocycles. The number of amides is 2. The molecule has 0 aliphatic heterocycles. The van der Waals surface area contributed by atoms with Gasteiger partial charge in [-0.2, -0.15) is 13.2 Å². The fourth-order valence-corrected chi connectivity index (χ4v) is 5.17. The van der Waals surface area contributed by atoms with Crippen molar-refractivity contribution in [3.05, 3.63) is 71.5 Å². The topological polar surface area (TPSA) is 138 Å². The molecular weight excluding hydrogens is 551 g/mol. The highest BCUT2D eigenvalue weighted by atomic mass is 19.4. The number of hydrogen-bond donors (Lipinski definition) is 4. The van der Waals surface area contributed by atoms with Gasteiger partial charge in [-0.05, 0) is 48.9 Å². The first kappa shape index (κ1) is 30.3. The standard InChI is InChI=1S/C28H29F5N4O4/c29-26(30)10-8-17(9-11-26)27(41,25(34)40)14-23(38)21(13-16-4-3-5-18(12-16)28(31,32)33)37-24(39)22-15-35-19-6-1-2-7-20(19)36-22/h1-7,12,15,17,21,23,38,41H,8-11,13-14H2,(H2,34,40)(H,37,39). The second kappa shape index (κ2) is 11.6. The molecule has 1 fully saturated rings. The van der Waals surface area contributed by atoms with E-state index in [9.17, 15) is 41.8 Å². The smallest absolute Gasteiger partial charge is 0.391 e. The van der Waals surface area contributed by atoms with E-state index in [-0.39, 0.29) is 30.5 Å². The van der Waals surface area contributed by atoms with Gasteiger partial charge >= 0.3 is 6.18 Å². The van der Waals surface area contributed by atoms with Crippen molar-refractivity contribution in [1.82, 2.24) is 15.3 Å². The average molecular weight is 581 g/mol. The van der Waals surface area contributed by atoms with Crippen LogP contribution in [0.15, 0.2) is 54.7 Å². The van der Waals surface area contributed by atoms with Crippen molar-refractivity contribution in [3.8, 4) is 0 Å². The number of nitrogens with two attached hydrogens (primary N) is 1. The minimum atomic E-state index is -4.65. The van der Waals surface area contributed by atoms with E-state index in [1.165, 1.54) is 18.3 Å². The summed E-state index contributed by atoms with van der Waals surface area (Å²) in [5.74, 6) is -6.02. The predicted octanol–water partition coefficient (Wildman–Crippen LogP) is 3.78. The van der Waals surface area contributed by atoms with E-state index < -0.39 is 72.4 Å². The Hall–Kier alpha value is -3.71. The number of rotatable bonds is 9. The van der Waals surface area contributed by atoms with Gasteiger partial charge < -0.3 is 21.3 Å². The summed E-state index contributed by atoms with van der Waals surface area (Å²) in [4.78, 5) is 33.9. The van der Waals surface area contributed by atoms with Gasteiger partial charge in [0.1, 0.15) is 11.3 Å². The molecule has 0 spiro atoms. The minimum absolute atomic E-state index is 0.0914. The number of nitrogens with zero attached hydrogens (tertiary/aromatic N) is 2. The zero-order chi connectivity index (χ0) is 30.0. The van der Waals surface area contributed by atoms with E-state index in [1.807, 2.05) is 0 Å². The molecule has 0 saturated heterocycles. The third-order valence-electron chi connectivity index (χ3n) is 7.51. The van der Waals surface area contributed by atoms with Crippen LogP contribution < -0.4 is 11.1 Å². The Morgan fingerprint density at radius 2 is 1.73 bits per heavy atom. The summed E-state index contributed by atoms with van der Waals surface area (Å²) in [5, 5.41) is 24.9. The van der Waals surface area contributed by atoms with Crippen LogP contribution in [0.2, 0.25) is 0 Å². The van der Waals surface area contributed by atoms with Crippen LogP contribution in [0.1, 0.15) is 53.7 Å². The molecule has 8 nitrogen and oxygen atoms in total. The maximum absolute atomic E-state index is 13.7. The van der Waals surface area contributed by atoms with Gasteiger partial charge in [0.2, 0.25) is 11.8 Å². The lowest BCUT2D eigenvalue weighted by Gasteiger charge is -2.40. The van der Waals surface area contributed by atoms with E-state index >= 15 is 0 Å². The summed E-state index contributed by atoms with van der Waals surface area (Å²) in [6, 6.07) is 9.62. The van der Waals surface area contributed by atoms with Gasteiger partial charge in [0.25, 0.3) is 5.91 Å². The van der Waals surface area contributed by atoms with E-state index in [4.69, 9.17) is 5.73 Å². The van der Waals surface area contributed by atoms with Crippen molar-refractivity contribution in [2.45, 2.75) is 68.4 Å². The first-order valence-electron chi connectivity index (χ1n) is 12.9. The summed E-state index contributed by atoms with van der Waals surface area (Å²) >= 11 is 0. The highest BCUT2D eigenvalue weighted by Crippen LogP contribution is 2.42. The van der Waals surface area contributed by atoms with Gasteiger partial charge in [-0.15, -0.1) is 0 Å². The number of alkyl halides is 5. The number of carbonyl (C=O) groups excluding carboxylic acids is 2. The Morgan fingerprint density at radius 3 is 2.37 bits per heavy atom. The molecule has 4 rings (SSSR count). The molecule has 13 heteroatoms. The van der Waals surface area contributed by atoms with Crippen LogP contribution in [0.4, 0.5) is 22.0 Å². The molecule has 1 aliphatic carbocycles. The number of fused-ring (bicyclic) bond motifs is 1. The minimum Gasteiger partial charge on any atom is -0.391 e. The second-order valence-electron chi connectivity index (χ2n) is 10.4. The van der Waals surface area contributed by atoms with Crippen molar-refractivity contribution in [1.29, 1.82) is 0 Å². The second-order valence-corrected chi connectivity index (χ2v) is 10.4. The number of halogens is 5. The fourth-order valence-electron chi connectivity index (χ4n) is 5.17. The van der Waals surface area contributed by atoms with Gasteiger partial charge in [-0.3, -0.25) is 14.6 Å². The van der Waals surface area contributed by atoms with Crippen LogP contribution in [-0.2, 0) is 17.4 Å². The summed E-state index contributed by atoms with van der Waals surface area (Å²) in [7, 11) is 0. The number of nitrogens with one attached hydrogen (secondary N) is 1. The third-order valence-corrected chi connectivity index (χ3v) is 7.51. The first-order chi connectivity index (χ1) is 19.2. The number of carbonyl (C=O) groups is 2. The Bertz CT molecular complexity index is 1410. The Kier molecular flexibility index (Phi) is 8.59. The van der Waals surface area contributed by atoms with E-state index in [1.54, 1.807) is 24.3 Å². The fraction of sp³-hybridized carbons (Fsp3) is 0.429. The number of aliphatic hydroxyl groups excluding tert-OH is 1. The SMILES string of the molecule is NC(=O)C(O)(CC(O)C(Cc1cccc(C(F)(F)F)c1)NC(=O)c1cnc2ccccc2n1)C1CCC(F)(F)CC1. The van der Waals surface area contributed by atoms with Crippen molar-refractivity contribution >= 4 is 22.8 Å². The molecule has 220 valence electrons. The van der Waals surface area contributed by atoms with Gasteiger partial charge in [-0.25, -0.2) is 13.8 Å². The molecular formula is C28H29F5N4O4. The number of primary amides is 1. The van der Waals surface area contributed by atoms with Crippen LogP contribution in [0, 0.1) is 5.92 Å². The third kappa shape index (κ3) is 7.14. The lowest BCUT2D eigenvalue weighted by Crippen LogP contribution is -2.56. The molecule has 1 aliphatic rings. The van der Waals surface area contributed by atoms with Gasteiger partial charge in [0.15, 0.2) is 0 Å². The number of aromatic nitrogens is 2. The highest BCUT2D eigenvalue weighted by molar-refractivity contribution is 5.94. The molecule has 5 N–H and O–H groups in total. The molecule has 3 unspecified atom stereocenters. The van der Waals surface area contributed by atoms with Crippen molar-refractivity contribution in [3.63, 3.8) is 0 Å². The quantitative estimate of drug-likeness (QED) is 0.284. The van der Waals surface area contributed by atoms with Crippen LogP contribution in [0.5, 0.6) is 0 Å². The predicted molar refractivity (Wildman–Crippen MR) is 138 cm³/mol. The van der Waals surface area contributed by atoms with Crippen molar-refractivity contribution in [2.75, 3.05) is 0 Å². The Balaban J connectivity index is 1.62. The Labute approximate surface area is 231 Å². The molecule has 3 aromatic rings. The maximum Gasteiger partial charge on any atom is 0.416 e.